The highest BCUT2D eigenvalue weighted by molar-refractivity contribution is 7.18. The number of fused-ring (bicyclic) bond motifs is 1. The van der Waals surface area contributed by atoms with Crippen molar-refractivity contribution in [1.29, 1.82) is 0 Å². The minimum Gasteiger partial charge on any atom is -0.340 e. The normalized spacial score (nSPS) is 12.8. The molecule has 0 fully saturated rings. The first-order chi connectivity index (χ1) is 15.9. The molecule has 2 atom stereocenters. The summed E-state index contributed by atoms with van der Waals surface area (Å²) >= 11 is 7.31. The van der Waals surface area contributed by atoms with E-state index in [0.717, 1.165) is 22.8 Å². The van der Waals surface area contributed by atoms with Gasteiger partial charge in [0.15, 0.2) is 0 Å². The molecule has 3 aromatic carbocycles. The Balaban J connectivity index is 1.50. The number of hydrogen-bond acceptors (Lipinski definition) is 5. The van der Waals surface area contributed by atoms with Gasteiger partial charge in [-0.2, -0.15) is 0 Å². The van der Waals surface area contributed by atoms with Crippen molar-refractivity contribution in [3.05, 3.63) is 77.3 Å². The molecular formula is C25H23ClN4O2S. The fourth-order valence-electron chi connectivity index (χ4n) is 3.45. The topological polar surface area (TPSA) is 84.0 Å². The van der Waals surface area contributed by atoms with Gasteiger partial charge in [-0.25, -0.2) is 0 Å². The number of rotatable bonds is 7. The number of nitrogens with zero attached hydrogens (tertiary/aromatic N) is 2. The van der Waals surface area contributed by atoms with E-state index in [0.29, 0.717) is 20.7 Å². The van der Waals surface area contributed by atoms with Gasteiger partial charge in [0.1, 0.15) is 11.0 Å². The highest BCUT2D eigenvalue weighted by atomic mass is 35.5. The van der Waals surface area contributed by atoms with Crippen molar-refractivity contribution < 1.29 is 9.59 Å². The molecular weight excluding hydrogens is 456 g/mol. The predicted molar refractivity (Wildman–Crippen MR) is 134 cm³/mol. The van der Waals surface area contributed by atoms with Crippen molar-refractivity contribution in [1.82, 2.24) is 15.5 Å². The number of amides is 2. The lowest BCUT2D eigenvalue weighted by Crippen LogP contribution is -2.47. The molecule has 0 aliphatic carbocycles. The van der Waals surface area contributed by atoms with Crippen LogP contribution in [0.1, 0.15) is 30.6 Å². The molecule has 0 saturated carbocycles. The second kappa shape index (κ2) is 10.1. The van der Waals surface area contributed by atoms with Crippen LogP contribution in [0.15, 0.2) is 66.7 Å². The zero-order chi connectivity index (χ0) is 23.4. The number of carbonyl (C=O) groups excluding carboxylic acids is 2. The van der Waals surface area contributed by atoms with Crippen molar-refractivity contribution in [3.8, 4) is 10.6 Å². The molecule has 33 heavy (non-hydrogen) atoms. The van der Waals surface area contributed by atoms with Crippen LogP contribution >= 0.6 is 22.9 Å². The highest BCUT2D eigenvalue weighted by Gasteiger charge is 2.27. The van der Waals surface area contributed by atoms with Crippen LogP contribution in [0.2, 0.25) is 5.02 Å². The molecule has 0 aliphatic heterocycles. The summed E-state index contributed by atoms with van der Waals surface area (Å²) in [4.78, 5) is 26.1. The van der Waals surface area contributed by atoms with Gasteiger partial charge in [0.05, 0.1) is 0 Å². The van der Waals surface area contributed by atoms with E-state index in [1.807, 2.05) is 62.4 Å². The van der Waals surface area contributed by atoms with E-state index in [1.54, 1.807) is 18.2 Å². The molecule has 0 radical (unpaired) electrons. The minimum atomic E-state index is -0.715. The summed E-state index contributed by atoms with van der Waals surface area (Å²) in [7, 11) is 0. The Hall–Kier alpha value is -3.29. The second-order valence-electron chi connectivity index (χ2n) is 7.81. The van der Waals surface area contributed by atoms with Crippen molar-refractivity contribution in [2.24, 2.45) is 5.92 Å². The van der Waals surface area contributed by atoms with Crippen LogP contribution in [0.3, 0.4) is 0 Å². The maximum atomic E-state index is 13.1. The summed E-state index contributed by atoms with van der Waals surface area (Å²) in [5.74, 6) is -0.694. The zero-order valence-electron chi connectivity index (χ0n) is 18.2. The van der Waals surface area contributed by atoms with E-state index in [1.165, 1.54) is 11.3 Å². The Morgan fingerprint density at radius 1 is 1.00 bits per heavy atom. The van der Waals surface area contributed by atoms with E-state index in [2.05, 4.69) is 20.8 Å². The average Bonchev–Trinajstić information content (AvgIpc) is 3.30. The van der Waals surface area contributed by atoms with E-state index in [-0.39, 0.29) is 17.7 Å². The molecule has 1 heterocycles. The number of nitrogens with one attached hydrogen (secondary N) is 2. The third kappa shape index (κ3) is 5.38. The van der Waals surface area contributed by atoms with Crippen LogP contribution in [-0.4, -0.2) is 28.1 Å². The average molecular weight is 479 g/mol. The Labute approximate surface area is 201 Å². The van der Waals surface area contributed by atoms with Crippen molar-refractivity contribution >= 4 is 50.7 Å². The van der Waals surface area contributed by atoms with Crippen molar-refractivity contribution in [2.45, 2.75) is 26.3 Å². The number of benzene rings is 3. The van der Waals surface area contributed by atoms with Crippen LogP contribution in [0, 0.1) is 5.92 Å². The van der Waals surface area contributed by atoms with Gasteiger partial charge >= 0.3 is 0 Å². The standard InChI is InChI=1S/C25H23ClN4O2S/c1-3-15(2)21(27-22(31)18-12-11-16-7-4-5-8-17(16)13-18)23(32)28-25-30-29-24(33-25)19-9-6-10-20(26)14-19/h4-15,21H,3H2,1-2H3,(H,27,31)(H,28,30,32). The molecule has 2 unspecified atom stereocenters. The molecule has 4 aromatic rings. The smallest absolute Gasteiger partial charge is 0.251 e. The summed E-state index contributed by atoms with van der Waals surface area (Å²) in [6.07, 6.45) is 0.722. The number of halogens is 1. The quantitative estimate of drug-likeness (QED) is 0.352. The number of anilines is 1. The molecule has 168 valence electrons. The van der Waals surface area contributed by atoms with E-state index in [4.69, 9.17) is 11.6 Å². The molecule has 4 rings (SSSR count). The van der Waals surface area contributed by atoms with Crippen molar-refractivity contribution in [2.75, 3.05) is 5.32 Å². The summed E-state index contributed by atoms with van der Waals surface area (Å²) in [6, 6.07) is 19.9. The lowest BCUT2D eigenvalue weighted by Gasteiger charge is -2.23. The van der Waals surface area contributed by atoms with Crippen LogP contribution < -0.4 is 10.6 Å². The molecule has 1 aromatic heterocycles. The molecule has 6 nitrogen and oxygen atoms in total. The fraction of sp³-hybridized carbons (Fsp3) is 0.200. The van der Waals surface area contributed by atoms with Gasteiger partial charge in [0.25, 0.3) is 5.91 Å². The Bertz CT molecular complexity index is 1310. The van der Waals surface area contributed by atoms with Crippen LogP contribution in [-0.2, 0) is 4.79 Å². The predicted octanol–water partition coefficient (Wildman–Crippen LogP) is 5.79. The van der Waals surface area contributed by atoms with E-state index in [9.17, 15) is 9.59 Å². The second-order valence-corrected chi connectivity index (χ2v) is 9.22. The molecule has 2 amide bonds. The van der Waals surface area contributed by atoms with Gasteiger partial charge in [0.2, 0.25) is 11.0 Å². The van der Waals surface area contributed by atoms with Crippen LogP contribution in [0.25, 0.3) is 21.3 Å². The zero-order valence-corrected chi connectivity index (χ0v) is 19.8. The van der Waals surface area contributed by atoms with Crippen molar-refractivity contribution in [3.63, 3.8) is 0 Å². The largest absolute Gasteiger partial charge is 0.340 e. The van der Waals surface area contributed by atoms with Gasteiger partial charge in [-0.15, -0.1) is 10.2 Å². The molecule has 2 N–H and O–H groups in total. The third-order valence-corrected chi connectivity index (χ3v) is 6.64. The van der Waals surface area contributed by atoms with Gasteiger partial charge in [-0.3, -0.25) is 14.9 Å². The monoisotopic (exact) mass is 478 g/mol. The first-order valence-corrected chi connectivity index (χ1v) is 11.8. The number of aromatic nitrogens is 2. The fourth-order valence-corrected chi connectivity index (χ4v) is 4.39. The highest BCUT2D eigenvalue weighted by Crippen LogP contribution is 2.28. The SMILES string of the molecule is CCC(C)C(NC(=O)c1ccc2ccccc2c1)C(=O)Nc1nnc(-c2cccc(Cl)c2)s1. The molecule has 0 bridgehead atoms. The summed E-state index contributed by atoms with van der Waals surface area (Å²) in [5, 5.41) is 17.6. The van der Waals surface area contributed by atoms with Crippen LogP contribution in [0.5, 0.6) is 0 Å². The summed E-state index contributed by atoms with van der Waals surface area (Å²) in [5.41, 5.74) is 1.33. The van der Waals surface area contributed by atoms with Gasteiger partial charge in [-0.1, -0.05) is 85.7 Å². The summed E-state index contributed by atoms with van der Waals surface area (Å²) < 4.78 is 0. The third-order valence-electron chi connectivity index (χ3n) is 5.52. The Morgan fingerprint density at radius 3 is 2.55 bits per heavy atom. The molecule has 0 aliphatic rings. The Morgan fingerprint density at radius 2 is 1.79 bits per heavy atom. The maximum Gasteiger partial charge on any atom is 0.251 e. The Kier molecular flexibility index (Phi) is 7.01. The van der Waals surface area contributed by atoms with Gasteiger partial charge in [-0.05, 0) is 41.0 Å². The van der Waals surface area contributed by atoms with Gasteiger partial charge < -0.3 is 5.32 Å². The first kappa shape index (κ1) is 22.9. The summed E-state index contributed by atoms with van der Waals surface area (Å²) in [6.45, 7) is 3.91. The molecule has 8 heteroatoms. The van der Waals surface area contributed by atoms with E-state index < -0.39 is 6.04 Å². The number of hydrogen-bond donors (Lipinski definition) is 2. The van der Waals surface area contributed by atoms with Crippen LogP contribution in [0.4, 0.5) is 5.13 Å². The minimum absolute atomic E-state index is 0.0743. The molecule has 0 spiro atoms. The lowest BCUT2D eigenvalue weighted by molar-refractivity contribution is -0.119. The maximum absolute atomic E-state index is 13.1. The van der Waals surface area contributed by atoms with Gasteiger partial charge in [0, 0.05) is 16.1 Å². The first-order valence-electron chi connectivity index (χ1n) is 10.6. The van der Waals surface area contributed by atoms with E-state index >= 15 is 0 Å². The lowest BCUT2D eigenvalue weighted by atomic mass is 9.97. The molecule has 0 saturated heterocycles. The number of carbonyl (C=O) groups is 2.